The molecular formula is C28H32N6O. The summed E-state index contributed by atoms with van der Waals surface area (Å²) in [4.78, 5) is 23.3. The Morgan fingerprint density at radius 3 is 2.43 bits per heavy atom. The van der Waals surface area contributed by atoms with E-state index in [-0.39, 0.29) is 5.91 Å². The molecule has 1 aliphatic rings. The van der Waals surface area contributed by atoms with Crippen LogP contribution in [0.2, 0.25) is 0 Å². The van der Waals surface area contributed by atoms with E-state index in [1.54, 1.807) is 4.68 Å². The molecule has 0 spiro atoms. The van der Waals surface area contributed by atoms with Crippen LogP contribution in [0.5, 0.6) is 0 Å². The molecule has 0 aliphatic carbocycles. The maximum Gasteiger partial charge on any atom is 0.256 e. The number of benzene rings is 2. The predicted molar refractivity (Wildman–Crippen MR) is 142 cm³/mol. The minimum absolute atomic E-state index is 0.155. The molecule has 0 saturated carbocycles. The minimum atomic E-state index is -0.155. The fourth-order valence-corrected chi connectivity index (χ4v) is 4.88. The van der Waals surface area contributed by atoms with Gasteiger partial charge in [-0.2, -0.15) is 5.10 Å². The highest BCUT2D eigenvalue weighted by Crippen LogP contribution is 2.29. The second-order valence-electron chi connectivity index (χ2n) is 9.20. The molecule has 7 nitrogen and oxygen atoms in total. The topological polar surface area (TPSA) is 66.3 Å². The summed E-state index contributed by atoms with van der Waals surface area (Å²) < 4.78 is 1.74. The van der Waals surface area contributed by atoms with Gasteiger partial charge in [-0.1, -0.05) is 37.3 Å². The Morgan fingerprint density at radius 2 is 1.74 bits per heavy atom. The number of aromatic nitrogens is 3. The lowest BCUT2D eigenvalue weighted by molar-refractivity contribution is 0.102. The molecule has 1 fully saturated rings. The maximum atomic E-state index is 13.6. The zero-order valence-electron chi connectivity index (χ0n) is 20.9. The molecule has 0 unspecified atom stereocenters. The third-order valence-corrected chi connectivity index (χ3v) is 6.93. The van der Waals surface area contributed by atoms with Crippen molar-refractivity contribution in [3.8, 4) is 11.3 Å². The molecule has 180 valence electrons. The summed E-state index contributed by atoms with van der Waals surface area (Å²) in [6.45, 7) is 11.5. The molecule has 4 aromatic rings. The molecule has 2 aromatic heterocycles. The van der Waals surface area contributed by atoms with Crippen LogP contribution in [0.1, 0.15) is 28.5 Å². The number of aryl methyl sites for hydroxylation is 3. The molecule has 7 heteroatoms. The first-order chi connectivity index (χ1) is 16.9. The summed E-state index contributed by atoms with van der Waals surface area (Å²) >= 11 is 0. The number of likely N-dealkylation sites (N-methyl/N-ethyl adjacent to an activating group) is 1. The summed E-state index contributed by atoms with van der Waals surface area (Å²) in [7, 11) is 1.86. The van der Waals surface area contributed by atoms with Crippen LogP contribution in [0, 0.1) is 13.8 Å². The second kappa shape index (κ2) is 9.50. The molecule has 5 rings (SSSR count). The van der Waals surface area contributed by atoms with Gasteiger partial charge in [0.2, 0.25) is 0 Å². The Balaban J connectivity index is 1.45. The van der Waals surface area contributed by atoms with Crippen molar-refractivity contribution >= 4 is 28.3 Å². The lowest BCUT2D eigenvalue weighted by atomic mass is 10.0. The summed E-state index contributed by atoms with van der Waals surface area (Å²) in [5.74, 6) is -0.155. The largest absolute Gasteiger partial charge is 0.369 e. The van der Waals surface area contributed by atoms with Crippen LogP contribution in [-0.2, 0) is 7.05 Å². The lowest BCUT2D eigenvalue weighted by Crippen LogP contribution is -2.46. The first-order valence-electron chi connectivity index (χ1n) is 12.2. The maximum absolute atomic E-state index is 13.6. The number of carbonyl (C=O) groups is 1. The molecule has 1 saturated heterocycles. The molecule has 35 heavy (non-hydrogen) atoms. The van der Waals surface area contributed by atoms with Gasteiger partial charge in [-0.05, 0) is 50.2 Å². The number of amides is 1. The second-order valence-corrected chi connectivity index (χ2v) is 9.20. The quantitative estimate of drug-likeness (QED) is 0.462. The Morgan fingerprint density at radius 1 is 1.00 bits per heavy atom. The van der Waals surface area contributed by atoms with E-state index in [9.17, 15) is 4.79 Å². The van der Waals surface area contributed by atoms with Crippen molar-refractivity contribution in [2.24, 2.45) is 7.05 Å². The third kappa shape index (κ3) is 4.51. The number of nitrogens with one attached hydrogen (secondary N) is 1. The predicted octanol–water partition coefficient (Wildman–Crippen LogP) is 4.65. The number of anilines is 2. The van der Waals surface area contributed by atoms with E-state index in [1.807, 2.05) is 63.4 Å². The van der Waals surface area contributed by atoms with Gasteiger partial charge >= 0.3 is 0 Å². The molecule has 1 amide bonds. The van der Waals surface area contributed by atoms with Gasteiger partial charge in [-0.25, -0.2) is 4.98 Å². The van der Waals surface area contributed by atoms with Gasteiger partial charge in [0.25, 0.3) is 5.91 Å². The number of hydrogen-bond acceptors (Lipinski definition) is 5. The van der Waals surface area contributed by atoms with Gasteiger partial charge < -0.3 is 15.1 Å². The highest BCUT2D eigenvalue weighted by molar-refractivity contribution is 6.13. The van der Waals surface area contributed by atoms with Crippen LogP contribution >= 0.6 is 0 Å². The van der Waals surface area contributed by atoms with Crippen molar-refractivity contribution in [2.75, 3.05) is 42.9 Å². The van der Waals surface area contributed by atoms with Crippen molar-refractivity contribution in [1.82, 2.24) is 19.7 Å². The standard InChI is InChI=1S/C28H32N6O/c1-5-33-13-15-34(16-14-33)22-11-12-24(19(2)17-22)30-28(35)23-18-25(21-9-7-6-8-10-21)29-27-26(23)20(3)31-32(27)4/h6-12,17-18H,5,13-16H2,1-4H3,(H,30,35). The van der Waals surface area contributed by atoms with Gasteiger partial charge in [0, 0.05) is 50.2 Å². The van der Waals surface area contributed by atoms with E-state index in [0.29, 0.717) is 11.2 Å². The first-order valence-corrected chi connectivity index (χ1v) is 12.2. The van der Waals surface area contributed by atoms with Crippen LogP contribution < -0.4 is 10.2 Å². The zero-order chi connectivity index (χ0) is 24.5. The van der Waals surface area contributed by atoms with Crippen molar-refractivity contribution in [1.29, 1.82) is 0 Å². The number of fused-ring (bicyclic) bond motifs is 1. The van der Waals surface area contributed by atoms with Crippen LogP contribution in [0.4, 0.5) is 11.4 Å². The van der Waals surface area contributed by atoms with Crippen molar-refractivity contribution < 1.29 is 4.79 Å². The van der Waals surface area contributed by atoms with Crippen molar-refractivity contribution in [3.63, 3.8) is 0 Å². The van der Waals surface area contributed by atoms with E-state index in [1.165, 1.54) is 5.69 Å². The summed E-state index contributed by atoms with van der Waals surface area (Å²) in [5.41, 5.74) is 6.86. The fraction of sp³-hybridized carbons (Fsp3) is 0.321. The normalized spacial score (nSPS) is 14.5. The Labute approximate surface area is 206 Å². The molecule has 0 atom stereocenters. The van der Waals surface area contributed by atoms with Gasteiger partial charge in [-0.3, -0.25) is 9.48 Å². The van der Waals surface area contributed by atoms with E-state index in [0.717, 1.165) is 66.3 Å². The number of piperazine rings is 1. The van der Waals surface area contributed by atoms with Crippen LogP contribution in [-0.4, -0.2) is 58.3 Å². The SMILES string of the molecule is CCN1CCN(c2ccc(NC(=O)c3cc(-c4ccccc4)nc4c3c(C)nn4C)c(C)c2)CC1. The third-order valence-electron chi connectivity index (χ3n) is 6.93. The highest BCUT2D eigenvalue weighted by Gasteiger charge is 2.21. The average molecular weight is 469 g/mol. The van der Waals surface area contributed by atoms with Gasteiger partial charge in [-0.15, -0.1) is 0 Å². The molecule has 3 heterocycles. The molecule has 2 aromatic carbocycles. The van der Waals surface area contributed by atoms with E-state index < -0.39 is 0 Å². The van der Waals surface area contributed by atoms with Crippen LogP contribution in [0.3, 0.4) is 0 Å². The highest BCUT2D eigenvalue weighted by atomic mass is 16.1. The summed E-state index contributed by atoms with van der Waals surface area (Å²) in [5, 5.41) is 8.47. The van der Waals surface area contributed by atoms with Gasteiger partial charge in [0.1, 0.15) is 0 Å². The van der Waals surface area contributed by atoms with E-state index in [4.69, 9.17) is 4.98 Å². The molecule has 0 radical (unpaired) electrons. The number of carbonyl (C=O) groups excluding carboxylic acids is 1. The zero-order valence-corrected chi connectivity index (χ0v) is 20.9. The Bertz CT molecular complexity index is 1370. The Hall–Kier alpha value is -3.71. The molecular weight excluding hydrogens is 436 g/mol. The monoisotopic (exact) mass is 468 g/mol. The van der Waals surface area contributed by atoms with Crippen molar-refractivity contribution in [2.45, 2.75) is 20.8 Å². The number of hydrogen-bond donors (Lipinski definition) is 1. The van der Waals surface area contributed by atoms with E-state index in [2.05, 4.69) is 39.3 Å². The summed E-state index contributed by atoms with van der Waals surface area (Å²) in [6, 6.07) is 18.1. The minimum Gasteiger partial charge on any atom is -0.369 e. The van der Waals surface area contributed by atoms with E-state index >= 15 is 0 Å². The van der Waals surface area contributed by atoms with Crippen LogP contribution in [0.15, 0.2) is 54.6 Å². The molecule has 0 bridgehead atoms. The van der Waals surface area contributed by atoms with Crippen molar-refractivity contribution in [3.05, 3.63) is 71.4 Å². The fourth-order valence-electron chi connectivity index (χ4n) is 4.88. The Kier molecular flexibility index (Phi) is 6.26. The smallest absolute Gasteiger partial charge is 0.256 e. The lowest BCUT2D eigenvalue weighted by Gasteiger charge is -2.35. The number of nitrogens with zero attached hydrogens (tertiary/aromatic N) is 5. The number of rotatable bonds is 5. The molecule has 1 aliphatic heterocycles. The molecule has 1 N–H and O–H groups in total. The van der Waals surface area contributed by atoms with Crippen LogP contribution in [0.25, 0.3) is 22.3 Å². The average Bonchev–Trinajstić information content (AvgIpc) is 3.18. The first kappa shape index (κ1) is 23.1. The van der Waals surface area contributed by atoms with Gasteiger partial charge in [0.05, 0.1) is 22.3 Å². The number of pyridine rings is 1. The summed E-state index contributed by atoms with van der Waals surface area (Å²) in [6.07, 6.45) is 0. The van der Waals surface area contributed by atoms with Gasteiger partial charge in [0.15, 0.2) is 5.65 Å².